The summed E-state index contributed by atoms with van der Waals surface area (Å²) in [7, 11) is 1.90. The van der Waals surface area contributed by atoms with Crippen LogP contribution in [0.5, 0.6) is 0 Å². The Kier molecular flexibility index (Phi) is 2.52. The minimum atomic E-state index is 0.116. The van der Waals surface area contributed by atoms with Crippen molar-refractivity contribution in [1.29, 1.82) is 0 Å². The molecular formula is C12H17N3O. The molecule has 0 spiro atoms. The Bertz CT molecular complexity index is 384. The van der Waals surface area contributed by atoms with Crippen LogP contribution in [0.2, 0.25) is 0 Å². The summed E-state index contributed by atoms with van der Waals surface area (Å²) in [6, 6.07) is 2.07. The normalized spacial score (nSPS) is 24.7. The summed E-state index contributed by atoms with van der Waals surface area (Å²) in [6.45, 7) is 0.844. The molecule has 4 heteroatoms. The van der Waals surface area contributed by atoms with Gasteiger partial charge in [0.25, 0.3) is 0 Å². The number of aromatic nitrogens is 2. The second-order valence-electron chi connectivity index (χ2n) is 4.56. The summed E-state index contributed by atoms with van der Waals surface area (Å²) >= 11 is 0. The van der Waals surface area contributed by atoms with Gasteiger partial charge in [0.2, 0.25) is 0 Å². The quantitative estimate of drug-likeness (QED) is 0.847. The van der Waals surface area contributed by atoms with Crippen LogP contribution in [0.15, 0.2) is 6.07 Å². The molecule has 1 unspecified atom stereocenters. The van der Waals surface area contributed by atoms with E-state index >= 15 is 0 Å². The first-order chi connectivity index (χ1) is 7.86. The average molecular weight is 219 g/mol. The predicted octanol–water partition coefficient (Wildman–Crippen LogP) is 2.25. The van der Waals surface area contributed by atoms with Crippen molar-refractivity contribution in [1.82, 2.24) is 9.97 Å². The third kappa shape index (κ3) is 1.89. The summed E-state index contributed by atoms with van der Waals surface area (Å²) < 4.78 is 5.64. The number of rotatable bonds is 3. The van der Waals surface area contributed by atoms with Crippen LogP contribution in [-0.2, 0) is 4.74 Å². The topological polar surface area (TPSA) is 47.0 Å². The standard InChI is InChI=1S/C12H17N3O/c1-13-11-7-9(8-4-5-8)14-12(15-11)10-3-2-6-16-10/h7-8,10H,2-6H2,1H3,(H,13,14,15). The highest BCUT2D eigenvalue weighted by atomic mass is 16.5. The maximum Gasteiger partial charge on any atom is 0.159 e. The Hall–Kier alpha value is -1.16. The maximum atomic E-state index is 5.64. The number of hydrogen-bond acceptors (Lipinski definition) is 4. The van der Waals surface area contributed by atoms with Crippen molar-refractivity contribution >= 4 is 5.82 Å². The van der Waals surface area contributed by atoms with Crippen LogP contribution in [0, 0.1) is 0 Å². The number of nitrogens with one attached hydrogen (secondary N) is 1. The van der Waals surface area contributed by atoms with Crippen LogP contribution in [0.1, 0.15) is 49.2 Å². The van der Waals surface area contributed by atoms with Crippen molar-refractivity contribution in [3.8, 4) is 0 Å². The minimum Gasteiger partial charge on any atom is -0.373 e. The molecule has 0 radical (unpaired) electrons. The van der Waals surface area contributed by atoms with E-state index in [0.29, 0.717) is 5.92 Å². The van der Waals surface area contributed by atoms with E-state index in [1.165, 1.54) is 18.5 Å². The molecule has 3 rings (SSSR count). The van der Waals surface area contributed by atoms with Crippen LogP contribution in [-0.4, -0.2) is 23.6 Å². The van der Waals surface area contributed by atoms with E-state index < -0.39 is 0 Å². The minimum absolute atomic E-state index is 0.116. The van der Waals surface area contributed by atoms with E-state index in [0.717, 1.165) is 31.1 Å². The van der Waals surface area contributed by atoms with Gasteiger partial charge in [-0.3, -0.25) is 0 Å². The zero-order valence-electron chi connectivity index (χ0n) is 9.57. The van der Waals surface area contributed by atoms with Gasteiger partial charge in [0.05, 0.1) is 0 Å². The lowest BCUT2D eigenvalue weighted by molar-refractivity contribution is 0.105. The molecule has 1 aromatic heterocycles. The van der Waals surface area contributed by atoms with Gasteiger partial charge in [0.1, 0.15) is 11.9 Å². The molecule has 1 aromatic rings. The van der Waals surface area contributed by atoms with Crippen LogP contribution >= 0.6 is 0 Å². The summed E-state index contributed by atoms with van der Waals surface area (Å²) in [5.41, 5.74) is 1.19. The van der Waals surface area contributed by atoms with E-state index in [1.807, 2.05) is 7.05 Å². The fourth-order valence-corrected chi connectivity index (χ4v) is 2.13. The first-order valence-corrected chi connectivity index (χ1v) is 6.05. The fraction of sp³-hybridized carbons (Fsp3) is 0.667. The van der Waals surface area contributed by atoms with E-state index in [9.17, 15) is 0 Å². The van der Waals surface area contributed by atoms with Gasteiger partial charge in [0.15, 0.2) is 5.82 Å². The molecule has 2 heterocycles. The van der Waals surface area contributed by atoms with Crippen molar-refractivity contribution < 1.29 is 4.74 Å². The highest BCUT2D eigenvalue weighted by Crippen LogP contribution is 2.40. The molecule has 1 atom stereocenters. The molecule has 0 amide bonds. The molecular weight excluding hydrogens is 202 g/mol. The average Bonchev–Trinajstić information content (AvgIpc) is 3.04. The van der Waals surface area contributed by atoms with Gasteiger partial charge < -0.3 is 10.1 Å². The molecule has 1 saturated carbocycles. The third-order valence-electron chi connectivity index (χ3n) is 3.23. The molecule has 1 aliphatic heterocycles. The molecule has 16 heavy (non-hydrogen) atoms. The fourth-order valence-electron chi connectivity index (χ4n) is 2.13. The number of anilines is 1. The van der Waals surface area contributed by atoms with E-state index in [4.69, 9.17) is 4.74 Å². The van der Waals surface area contributed by atoms with Crippen molar-refractivity contribution in [2.75, 3.05) is 19.0 Å². The molecule has 0 bridgehead atoms. The first kappa shape index (κ1) is 10.0. The monoisotopic (exact) mass is 219 g/mol. The van der Waals surface area contributed by atoms with Gasteiger partial charge in [0, 0.05) is 31.3 Å². The largest absolute Gasteiger partial charge is 0.373 e. The van der Waals surface area contributed by atoms with Gasteiger partial charge in [-0.2, -0.15) is 0 Å². The Morgan fingerprint density at radius 2 is 2.19 bits per heavy atom. The maximum absolute atomic E-state index is 5.64. The van der Waals surface area contributed by atoms with Crippen molar-refractivity contribution in [2.24, 2.45) is 0 Å². The lowest BCUT2D eigenvalue weighted by Gasteiger charge is -2.11. The van der Waals surface area contributed by atoms with Crippen LogP contribution < -0.4 is 5.32 Å². The van der Waals surface area contributed by atoms with Gasteiger partial charge >= 0.3 is 0 Å². The Labute approximate surface area is 95.4 Å². The highest BCUT2D eigenvalue weighted by Gasteiger charge is 2.28. The molecule has 86 valence electrons. The van der Waals surface area contributed by atoms with Crippen molar-refractivity contribution in [2.45, 2.75) is 37.7 Å². The third-order valence-corrected chi connectivity index (χ3v) is 3.23. The van der Waals surface area contributed by atoms with Gasteiger partial charge in [-0.25, -0.2) is 9.97 Å². The summed E-state index contributed by atoms with van der Waals surface area (Å²) in [5, 5.41) is 3.11. The predicted molar refractivity (Wildman–Crippen MR) is 61.5 cm³/mol. The van der Waals surface area contributed by atoms with Crippen LogP contribution in [0.4, 0.5) is 5.82 Å². The van der Waals surface area contributed by atoms with E-state index in [-0.39, 0.29) is 6.10 Å². The van der Waals surface area contributed by atoms with E-state index in [2.05, 4.69) is 21.4 Å². The van der Waals surface area contributed by atoms with Gasteiger partial charge in [-0.1, -0.05) is 0 Å². The SMILES string of the molecule is CNc1cc(C2CC2)nc(C2CCCO2)n1. The molecule has 1 aliphatic carbocycles. The highest BCUT2D eigenvalue weighted by molar-refractivity contribution is 5.37. The lowest BCUT2D eigenvalue weighted by Crippen LogP contribution is -2.07. The molecule has 0 aromatic carbocycles. The molecule has 1 saturated heterocycles. The Balaban J connectivity index is 1.92. The Morgan fingerprint density at radius 3 is 2.81 bits per heavy atom. The molecule has 2 fully saturated rings. The number of hydrogen-bond donors (Lipinski definition) is 1. The van der Waals surface area contributed by atoms with Crippen LogP contribution in [0.25, 0.3) is 0 Å². The second-order valence-corrected chi connectivity index (χ2v) is 4.56. The summed E-state index contributed by atoms with van der Waals surface area (Å²) in [6.07, 6.45) is 4.83. The van der Waals surface area contributed by atoms with Crippen LogP contribution in [0.3, 0.4) is 0 Å². The number of ether oxygens (including phenoxy) is 1. The molecule has 4 nitrogen and oxygen atoms in total. The summed E-state index contributed by atoms with van der Waals surface area (Å²) in [5.74, 6) is 2.45. The van der Waals surface area contributed by atoms with Crippen molar-refractivity contribution in [3.05, 3.63) is 17.6 Å². The molecule has 2 aliphatic rings. The smallest absolute Gasteiger partial charge is 0.159 e. The second kappa shape index (κ2) is 4.01. The lowest BCUT2D eigenvalue weighted by atomic mass is 10.2. The van der Waals surface area contributed by atoms with Crippen molar-refractivity contribution in [3.63, 3.8) is 0 Å². The van der Waals surface area contributed by atoms with Gasteiger partial charge in [-0.05, 0) is 25.7 Å². The molecule has 1 N–H and O–H groups in total. The van der Waals surface area contributed by atoms with Gasteiger partial charge in [-0.15, -0.1) is 0 Å². The Morgan fingerprint density at radius 1 is 1.31 bits per heavy atom. The zero-order chi connectivity index (χ0) is 11.0. The number of nitrogens with zero attached hydrogens (tertiary/aromatic N) is 2. The van der Waals surface area contributed by atoms with E-state index in [1.54, 1.807) is 0 Å². The zero-order valence-corrected chi connectivity index (χ0v) is 9.57. The summed E-state index contributed by atoms with van der Waals surface area (Å²) in [4.78, 5) is 9.15. The first-order valence-electron chi connectivity index (χ1n) is 6.05.